The Kier molecular flexibility index (Phi) is 2.01. The fraction of sp³-hybridized carbons (Fsp3) is 0.333. The number of ketones is 1. The van der Waals surface area contributed by atoms with Gasteiger partial charge in [-0.1, -0.05) is 0 Å². The molecule has 1 aliphatic rings. The molecule has 76 valence electrons. The van der Waals surface area contributed by atoms with Gasteiger partial charge in [-0.05, 0) is 6.92 Å². The molecule has 1 N–H and O–H groups in total. The number of nitrogens with zero attached hydrogens (tertiary/aromatic N) is 3. The summed E-state index contributed by atoms with van der Waals surface area (Å²) in [5.74, 6) is -0.196. The van der Waals surface area contributed by atoms with E-state index in [1.54, 1.807) is 6.92 Å². The number of carbonyl (C=O) groups is 2. The first-order valence-corrected chi connectivity index (χ1v) is 4.40. The number of Topliss-reactive ketones (excluding diaryl/α,β-unsaturated/α-hetero) is 1. The number of amides is 1. The molecule has 15 heavy (non-hydrogen) atoms. The molecule has 1 aromatic heterocycles. The zero-order valence-corrected chi connectivity index (χ0v) is 8.07. The summed E-state index contributed by atoms with van der Waals surface area (Å²) in [6.07, 6.45) is -0.100. The molecule has 0 spiro atoms. The summed E-state index contributed by atoms with van der Waals surface area (Å²) in [5, 5.41) is 15.3. The number of aromatic nitrogens is 2. The molecule has 2 rings (SSSR count). The van der Waals surface area contributed by atoms with Gasteiger partial charge < -0.3 is 0 Å². The third-order valence-corrected chi connectivity index (χ3v) is 2.28. The Bertz CT molecular complexity index is 483. The van der Waals surface area contributed by atoms with Gasteiger partial charge in [-0.15, -0.1) is 0 Å². The molecule has 1 aliphatic heterocycles. The van der Waals surface area contributed by atoms with Gasteiger partial charge in [0.15, 0.2) is 11.6 Å². The van der Waals surface area contributed by atoms with Crippen molar-refractivity contribution in [3.05, 3.63) is 11.3 Å². The van der Waals surface area contributed by atoms with Crippen molar-refractivity contribution in [2.75, 3.05) is 11.4 Å². The van der Waals surface area contributed by atoms with E-state index >= 15 is 0 Å². The van der Waals surface area contributed by atoms with E-state index in [0.29, 0.717) is 11.3 Å². The topological polar surface area (TPSA) is 89.8 Å². The van der Waals surface area contributed by atoms with Crippen LogP contribution in [0.15, 0.2) is 0 Å². The molecule has 1 saturated heterocycles. The third-order valence-electron chi connectivity index (χ3n) is 2.28. The number of anilines is 1. The second-order valence-corrected chi connectivity index (χ2v) is 3.35. The second-order valence-electron chi connectivity index (χ2n) is 3.35. The van der Waals surface area contributed by atoms with Crippen LogP contribution in [0, 0.1) is 18.3 Å². The number of hydrogen-bond acceptors (Lipinski definition) is 4. The van der Waals surface area contributed by atoms with Gasteiger partial charge in [0.2, 0.25) is 5.91 Å². The summed E-state index contributed by atoms with van der Waals surface area (Å²) in [7, 11) is 0. The van der Waals surface area contributed by atoms with Gasteiger partial charge in [0, 0.05) is 0 Å². The van der Waals surface area contributed by atoms with Crippen LogP contribution in [0.3, 0.4) is 0 Å². The van der Waals surface area contributed by atoms with Crippen LogP contribution < -0.4 is 4.90 Å². The molecule has 2 heterocycles. The Morgan fingerprint density at radius 3 is 2.80 bits per heavy atom. The highest BCUT2D eigenvalue weighted by molar-refractivity contribution is 6.15. The molecule has 0 aromatic carbocycles. The second kappa shape index (κ2) is 3.20. The van der Waals surface area contributed by atoms with E-state index in [0.717, 1.165) is 0 Å². The minimum absolute atomic E-state index is 0.0117. The van der Waals surface area contributed by atoms with Gasteiger partial charge in [0.1, 0.15) is 11.6 Å². The predicted molar refractivity (Wildman–Crippen MR) is 50.0 cm³/mol. The van der Waals surface area contributed by atoms with E-state index in [1.807, 2.05) is 6.07 Å². The van der Waals surface area contributed by atoms with Crippen molar-refractivity contribution in [3.63, 3.8) is 0 Å². The lowest BCUT2D eigenvalue weighted by molar-refractivity contribution is -0.121. The Hall–Kier alpha value is -2.16. The van der Waals surface area contributed by atoms with Crippen LogP contribution >= 0.6 is 0 Å². The van der Waals surface area contributed by atoms with Gasteiger partial charge in [-0.25, -0.2) is 0 Å². The fourth-order valence-corrected chi connectivity index (χ4v) is 1.52. The molecule has 1 amide bonds. The van der Waals surface area contributed by atoms with Crippen LogP contribution in [0.2, 0.25) is 0 Å². The van der Waals surface area contributed by atoms with Crippen LogP contribution in [0.1, 0.15) is 17.7 Å². The van der Waals surface area contributed by atoms with E-state index in [-0.39, 0.29) is 30.5 Å². The number of H-pyrrole nitrogens is 1. The third kappa shape index (κ3) is 1.38. The van der Waals surface area contributed by atoms with Gasteiger partial charge in [-0.3, -0.25) is 19.6 Å². The van der Waals surface area contributed by atoms with Crippen molar-refractivity contribution in [1.29, 1.82) is 5.26 Å². The van der Waals surface area contributed by atoms with Crippen molar-refractivity contribution < 1.29 is 9.59 Å². The van der Waals surface area contributed by atoms with Crippen LogP contribution in [0.5, 0.6) is 0 Å². The minimum atomic E-state index is -0.303. The van der Waals surface area contributed by atoms with Crippen molar-refractivity contribution in [2.45, 2.75) is 13.3 Å². The van der Waals surface area contributed by atoms with Crippen LogP contribution in [-0.2, 0) is 9.59 Å². The summed E-state index contributed by atoms with van der Waals surface area (Å²) >= 11 is 0. The molecule has 6 heteroatoms. The summed E-state index contributed by atoms with van der Waals surface area (Å²) in [6.45, 7) is 1.70. The van der Waals surface area contributed by atoms with Crippen LogP contribution in [-0.4, -0.2) is 28.4 Å². The lowest BCUT2D eigenvalue weighted by Crippen LogP contribution is -2.25. The molecule has 0 bridgehead atoms. The molecule has 1 aromatic rings. The first kappa shape index (κ1) is 9.40. The first-order chi connectivity index (χ1) is 7.13. The minimum Gasteiger partial charge on any atom is -0.297 e. The van der Waals surface area contributed by atoms with Crippen molar-refractivity contribution in [2.24, 2.45) is 0 Å². The average Bonchev–Trinajstić information content (AvgIpc) is 2.69. The highest BCUT2D eigenvalue weighted by Crippen LogP contribution is 2.22. The van der Waals surface area contributed by atoms with Gasteiger partial charge in [-0.2, -0.15) is 10.4 Å². The number of aromatic amines is 1. The van der Waals surface area contributed by atoms with Crippen LogP contribution in [0.25, 0.3) is 0 Å². The van der Waals surface area contributed by atoms with Gasteiger partial charge >= 0.3 is 0 Å². The zero-order valence-electron chi connectivity index (χ0n) is 8.07. The Morgan fingerprint density at radius 2 is 2.27 bits per heavy atom. The van der Waals surface area contributed by atoms with E-state index in [9.17, 15) is 9.59 Å². The lowest BCUT2D eigenvalue weighted by Gasteiger charge is -2.10. The maximum Gasteiger partial charge on any atom is 0.236 e. The standard InChI is InChI=1S/C9H8N4O2/c1-5-7(3-10)9(12-11-5)13-4-6(14)2-8(13)15/h2,4H2,1H3,(H,11,12). The zero-order chi connectivity index (χ0) is 11.0. The number of nitrogens with one attached hydrogen (secondary N) is 1. The maximum absolute atomic E-state index is 11.4. The number of rotatable bonds is 1. The van der Waals surface area contributed by atoms with E-state index in [2.05, 4.69) is 10.2 Å². The number of carbonyl (C=O) groups excluding carboxylic acids is 2. The Labute approximate surface area is 85.5 Å². The normalized spacial score (nSPS) is 15.9. The molecular weight excluding hydrogens is 196 g/mol. The molecule has 6 nitrogen and oxygen atoms in total. The number of aryl methyl sites for hydroxylation is 1. The molecule has 0 radical (unpaired) electrons. The molecule has 0 unspecified atom stereocenters. The molecule has 0 aliphatic carbocycles. The number of nitriles is 1. The van der Waals surface area contributed by atoms with Crippen molar-refractivity contribution >= 4 is 17.5 Å². The summed E-state index contributed by atoms with van der Waals surface area (Å²) < 4.78 is 0. The average molecular weight is 204 g/mol. The fourth-order valence-electron chi connectivity index (χ4n) is 1.52. The summed E-state index contributed by atoms with van der Waals surface area (Å²) in [4.78, 5) is 23.7. The summed E-state index contributed by atoms with van der Waals surface area (Å²) in [5.41, 5.74) is 0.915. The Balaban J connectivity index is 2.43. The number of hydrogen-bond donors (Lipinski definition) is 1. The SMILES string of the molecule is Cc1[nH]nc(N2CC(=O)CC2=O)c1C#N. The van der Waals surface area contributed by atoms with E-state index < -0.39 is 0 Å². The van der Waals surface area contributed by atoms with Gasteiger partial charge in [0.05, 0.1) is 18.7 Å². The molecule has 1 fully saturated rings. The quantitative estimate of drug-likeness (QED) is 0.646. The van der Waals surface area contributed by atoms with E-state index in [4.69, 9.17) is 5.26 Å². The summed E-state index contributed by atoms with van der Waals surface area (Å²) in [6, 6.07) is 1.96. The maximum atomic E-state index is 11.4. The van der Waals surface area contributed by atoms with Crippen molar-refractivity contribution in [3.8, 4) is 6.07 Å². The lowest BCUT2D eigenvalue weighted by atomic mass is 10.2. The van der Waals surface area contributed by atoms with Gasteiger partial charge in [0.25, 0.3) is 0 Å². The van der Waals surface area contributed by atoms with Crippen LogP contribution in [0.4, 0.5) is 5.82 Å². The largest absolute Gasteiger partial charge is 0.297 e. The Morgan fingerprint density at radius 1 is 1.53 bits per heavy atom. The monoisotopic (exact) mass is 204 g/mol. The predicted octanol–water partition coefficient (Wildman–Crippen LogP) is -0.104. The molecule has 0 saturated carbocycles. The van der Waals surface area contributed by atoms with E-state index in [1.165, 1.54) is 4.90 Å². The molecular formula is C9H8N4O2. The smallest absolute Gasteiger partial charge is 0.236 e. The first-order valence-electron chi connectivity index (χ1n) is 4.40. The highest BCUT2D eigenvalue weighted by Gasteiger charge is 2.32. The highest BCUT2D eigenvalue weighted by atomic mass is 16.2. The molecule has 0 atom stereocenters. The van der Waals surface area contributed by atoms with Crippen molar-refractivity contribution in [1.82, 2.24) is 10.2 Å².